The van der Waals surface area contributed by atoms with Crippen LogP contribution in [0.25, 0.3) is 11.1 Å². The third-order valence-electron chi connectivity index (χ3n) is 2.15. The zero-order valence-electron chi connectivity index (χ0n) is 8.00. The van der Waals surface area contributed by atoms with Gasteiger partial charge in [-0.2, -0.15) is 5.26 Å². The van der Waals surface area contributed by atoms with Gasteiger partial charge < -0.3 is 10.2 Å². The molecule has 0 unspecified atom stereocenters. The molecule has 2 rings (SSSR count). The second-order valence-electron chi connectivity index (χ2n) is 3.12. The third-order valence-corrected chi connectivity index (χ3v) is 2.15. The van der Waals surface area contributed by atoms with Crippen molar-refractivity contribution < 1.29 is 13.2 Å². The minimum absolute atomic E-state index is 0.00417. The first-order chi connectivity index (χ1) is 7.63. The van der Waals surface area contributed by atoms with Crippen molar-refractivity contribution >= 4 is 5.88 Å². The smallest absolute Gasteiger partial charge is 0.208 e. The van der Waals surface area contributed by atoms with Crippen molar-refractivity contribution in [1.29, 1.82) is 5.26 Å². The average Bonchev–Trinajstić information content (AvgIpc) is 2.63. The Balaban J connectivity index is 2.68. The molecule has 0 aliphatic carbocycles. The Kier molecular flexibility index (Phi) is 2.33. The monoisotopic (exact) mass is 220 g/mol. The van der Waals surface area contributed by atoms with E-state index < -0.39 is 11.6 Å². The first-order valence-electron chi connectivity index (χ1n) is 4.36. The van der Waals surface area contributed by atoms with Gasteiger partial charge in [-0.05, 0) is 18.2 Å². The van der Waals surface area contributed by atoms with E-state index in [2.05, 4.69) is 0 Å². The number of nitrogens with zero attached hydrogens (tertiary/aromatic N) is 1. The molecule has 80 valence electrons. The van der Waals surface area contributed by atoms with Crippen molar-refractivity contribution in [3.05, 3.63) is 41.7 Å². The number of hydrogen-bond donors (Lipinski definition) is 1. The van der Waals surface area contributed by atoms with E-state index >= 15 is 0 Å². The molecule has 0 aliphatic rings. The molecule has 3 nitrogen and oxygen atoms in total. The second kappa shape index (κ2) is 3.66. The molecule has 0 atom stereocenters. The summed E-state index contributed by atoms with van der Waals surface area (Å²) in [6.07, 6.45) is 1.13. The van der Waals surface area contributed by atoms with E-state index in [9.17, 15) is 8.78 Å². The highest BCUT2D eigenvalue weighted by Gasteiger charge is 2.16. The lowest BCUT2D eigenvalue weighted by molar-refractivity contribution is 0.585. The van der Waals surface area contributed by atoms with Gasteiger partial charge in [0.25, 0.3) is 0 Å². The number of hydrogen-bond acceptors (Lipinski definition) is 3. The Bertz CT molecular complexity index is 584. The number of anilines is 1. The van der Waals surface area contributed by atoms with Crippen molar-refractivity contribution in [2.75, 3.05) is 5.73 Å². The van der Waals surface area contributed by atoms with E-state index in [1.54, 1.807) is 6.07 Å². The maximum absolute atomic E-state index is 13.4. The molecular weight excluding hydrogens is 214 g/mol. The number of nitrogen functional groups attached to an aromatic ring is 1. The number of nitriles is 1. The molecule has 2 N–H and O–H groups in total. The lowest BCUT2D eigenvalue weighted by atomic mass is 10.0. The lowest BCUT2D eigenvalue weighted by Gasteiger charge is -2.00. The van der Waals surface area contributed by atoms with Gasteiger partial charge in [0.05, 0.1) is 0 Å². The van der Waals surface area contributed by atoms with E-state index in [-0.39, 0.29) is 22.6 Å². The van der Waals surface area contributed by atoms with Crippen LogP contribution in [0.3, 0.4) is 0 Å². The van der Waals surface area contributed by atoms with Gasteiger partial charge in [0.2, 0.25) is 5.88 Å². The Morgan fingerprint density at radius 1 is 1.25 bits per heavy atom. The highest BCUT2D eigenvalue weighted by atomic mass is 19.1. The van der Waals surface area contributed by atoms with Crippen LogP contribution in [0.4, 0.5) is 14.7 Å². The minimum Gasteiger partial charge on any atom is -0.447 e. The number of furan rings is 1. The third kappa shape index (κ3) is 1.50. The SMILES string of the molecule is N#Cc1c(-c2cc(F)ccc2F)coc1N. The van der Waals surface area contributed by atoms with E-state index in [4.69, 9.17) is 15.4 Å². The topological polar surface area (TPSA) is 63.0 Å². The van der Waals surface area contributed by atoms with Gasteiger partial charge in [0.15, 0.2) is 0 Å². The Morgan fingerprint density at radius 3 is 2.69 bits per heavy atom. The van der Waals surface area contributed by atoms with E-state index in [0.717, 1.165) is 24.5 Å². The molecule has 1 aromatic heterocycles. The summed E-state index contributed by atoms with van der Waals surface area (Å²) in [4.78, 5) is 0. The van der Waals surface area contributed by atoms with Crippen molar-refractivity contribution in [2.24, 2.45) is 0 Å². The molecule has 0 saturated heterocycles. The first-order valence-corrected chi connectivity index (χ1v) is 4.36. The number of nitrogens with two attached hydrogens (primary N) is 1. The lowest BCUT2D eigenvalue weighted by Crippen LogP contribution is -1.89. The van der Waals surface area contributed by atoms with Gasteiger partial charge >= 0.3 is 0 Å². The van der Waals surface area contributed by atoms with Gasteiger partial charge in [0.1, 0.15) is 29.5 Å². The van der Waals surface area contributed by atoms with Crippen LogP contribution in [-0.4, -0.2) is 0 Å². The fourth-order valence-corrected chi connectivity index (χ4v) is 1.39. The van der Waals surface area contributed by atoms with Crippen LogP contribution in [0.1, 0.15) is 5.56 Å². The fourth-order valence-electron chi connectivity index (χ4n) is 1.39. The van der Waals surface area contributed by atoms with Crippen molar-refractivity contribution in [3.63, 3.8) is 0 Å². The molecule has 0 spiro atoms. The van der Waals surface area contributed by atoms with E-state index in [0.29, 0.717) is 0 Å². The zero-order valence-corrected chi connectivity index (χ0v) is 8.00. The largest absolute Gasteiger partial charge is 0.447 e. The van der Waals surface area contributed by atoms with Crippen LogP contribution in [0.5, 0.6) is 0 Å². The Labute approximate surface area is 89.7 Å². The summed E-state index contributed by atoms with van der Waals surface area (Å²) < 4.78 is 31.2. The molecule has 0 bridgehead atoms. The van der Waals surface area contributed by atoms with Crippen LogP contribution >= 0.6 is 0 Å². The van der Waals surface area contributed by atoms with Gasteiger partial charge in [-0.3, -0.25) is 0 Å². The van der Waals surface area contributed by atoms with Crippen LogP contribution in [0.2, 0.25) is 0 Å². The van der Waals surface area contributed by atoms with Gasteiger partial charge in [-0.1, -0.05) is 0 Å². The van der Waals surface area contributed by atoms with Crippen LogP contribution in [0, 0.1) is 23.0 Å². The summed E-state index contributed by atoms with van der Waals surface area (Å²) in [5.74, 6) is -1.35. The van der Waals surface area contributed by atoms with Gasteiger partial charge in [-0.25, -0.2) is 8.78 Å². The molecule has 1 heterocycles. The van der Waals surface area contributed by atoms with E-state index in [1.165, 1.54) is 0 Å². The quantitative estimate of drug-likeness (QED) is 0.803. The molecule has 0 aliphatic heterocycles. The summed E-state index contributed by atoms with van der Waals surface area (Å²) in [5.41, 5.74) is 5.48. The highest BCUT2D eigenvalue weighted by molar-refractivity contribution is 5.74. The minimum atomic E-state index is -0.640. The summed E-state index contributed by atoms with van der Waals surface area (Å²) in [5, 5.41) is 8.80. The maximum Gasteiger partial charge on any atom is 0.208 e. The molecule has 0 radical (unpaired) electrons. The first kappa shape index (κ1) is 10.2. The standard InChI is InChI=1S/C11H6F2N2O/c12-6-1-2-10(13)7(3-6)9-5-16-11(15)8(9)4-14/h1-3,5H,15H2. The normalized spacial score (nSPS) is 10.1. The molecule has 5 heteroatoms. The van der Waals surface area contributed by atoms with Crippen LogP contribution < -0.4 is 5.73 Å². The number of benzene rings is 1. The predicted molar refractivity (Wildman–Crippen MR) is 53.2 cm³/mol. The average molecular weight is 220 g/mol. The van der Waals surface area contributed by atoms with Crippen LogP contribution in [0.15, 0.2) is 28.9 Å². The molecule has 2 aromatic rings. The van der Waals surface area contributed by atoms with Crippen molar-refractivity contribution in [3.8, 4) is 17.2 Å². The molecule has 0 fully saturated rings. The molecule has 0 saturated carbocycles. The highest BCUT2D eigenvalue weighted by Crippen LogP contribution is 2.31. The van der Waals surface area contributed by atoms with Crippen molar-refractivity contribution in [1.82, 2.24) is 0 Å². The molecule has 16 heavy (non-hydrogen) atoms. The Morgan fingerprint density at radius 2 is 2.00 bits per heavy atom. The number of rotatable bonds is 1. The predicted octanol–water partition coefficient (Wildman–Crippen LogP) is 2.68. The maximum atomic E-state index is 13.4. The van der Waals surface area contributed by atoms with Crippen molar-refractivity contribution in [2.45, 2.75) is 0 Å². The van der Waals surface area contributed by atoms with E-state index in [1.807, 2.05) is 0 Å². The van der Waals surface area contributed by atoms with Crippen LogP contribution in [-0.2, 0) is 0 Å². The second-order valence-corrected chi connectivity index (χ2v) is 3.12. The van der Waals surface area contributed by atoms with Gasteiger partial charge in [-0.15, -0.1) is 0 Å². The number of halogens is 2. The summed E-state index contributed by atoms with van der Waals surface area (Å²) in [7, 11) is 0. The fraction of sp³-hybridized carbons (Fsp3) is 0. The summed E-state index contributed by atoms with van der Waals surface area (Å²) in [6.45, 7) is 0. The summed E-state index contributed by atoms with van der Waals surface area (Å²) in [6, 6.07) is 4.74. The van der Waals surface area contributed by atoms with Gasteiger partial charge in [0, 0.05) is 11.1 Å². The summed E-state index contributed by atoms with van der Waals surface area (Å²) >= 11 is 0. The molecule has 1 aromatic carbocycles. The zero-order chi connectivity index (χ0) is 11.7. The molecule has 0 amide bonds. The molecular formula is C11H6F2N2O. The Hall–Kier alpha value is -2.35.